The Morgan fingerprint density at radius 1 is 1.71 bits per heavy atom. The third-order valence-corrected chi connectivity index (χ3v) is 2.66. The Labute approximate surface area is 84.3 Å². The Morgan fingerprint density at radius 2 is 2.43 bits per heavy atom. The van der Waals surface area contributed by atoms with Gasteiger partial charge in [-0.25, -0.2) is 0 Å². The van der Waals surface area contributed by atoms with E-state index in [1.165, 1.54) is 0 Å². The molecule has 1 aliphatic heterocycles. The van der Waals surface area contributed by atoms with E-state index in [2.05, 4.69) is 17.2 Å². The average molecular weight is 195 g/mol. The Bertz CT molecular complexity index is 244. The van der Waals surface area contributed by atoms with E-state index in [1.807, 2.05) is 13.0 Å². The fourth-order valence-corrected chi connectivity index (χ4v) is 1.75. The maximum atomic E-state index is 11.3. The quantitative estimate of drug-likeness (QED) is 0.589. The van der Waals surface area contributed by atoms with Crippen molar-refractivity contribution in [2.24, 2.45) is 0 Å². The molecule has 1 rings (SSSR count). The van der Waals surface area contributed by atoms with Crippen molar-refractivity contribution in [3.63, 3.8) is 0 Å². The first kappa shape index (κ1) is 10.8. The molecule has 0 aliphatic carbocycles. The van der Waals surface area contributed by atoms with Crippen molar-refractivity contribution in [1.29, 1.82) is 5.41 Å². The molecule has 1 fully saturated rings. The van der Waals surface area contributed by atoms with Crippen molar-refractivity contribution >= 4 is 11.9 Å². The summed E-state index contributed by atoms with van der Waals surface area (Å²) in [6.07, 6.45) is 4.84. The molecule has 0 bridgehead atoms. The largest absolute Gasteiger partial charge is 0.350 e. The molecule has 1 unspecified atom stereocenters. The highest BCUT2D eigenvalue weighted by Crippen LogP contribution is 2.23. The van der Waals surface area contributed by atoms with Crippen LogP contribution in [0.4, 0.5) is 0 Å². The second-order valence-corrected chi connectivity index (χ2v) is 3.69. The lowest BCUT2D eigenvalue weighted by Gasteiger charge is -2.37. The van der Waals surface area contributed by atoms with E-state index in [1.54, 1.807) is 0 Å². The lowest BCUT2D eigenvalue weighted by atomic mass is 9.85. The van der Waals surface area contributed by atoms with E-state index >= 15 is 0 Å². The molecule has 1 saturated heterocycles. The summed E-state index contributed by atoms with van der Waals surface area (Å²) in [5.74, 6) is 0.0480. The first-order chi connectivity index (χ1) is 6.62. The van der Waals surface area contributed by atoms with Crippen LogP contribution in [0, 0.1) is 5.41 Å². The van der Waals surface area contributed by atoms with Crippen LogP contribution in [0.15, 0.2) is 12.7 Å². The normalized spacial score (nSPS) is 26.6. The Kier molecular flexibility index (Phi) is 3.28. The average Bonchev–Trinajstić information content (AvgIpc) is 2.13. The first-order valence-electron chi connectivity index (χ1n) is 4.89. The van der Waals surface area contributed by atoms with Gasteiger partial charge in [0.1, 0.15) is 0 Å². The van der Waals surface area contributed by atoms with Gasteiger partial charge in [-0.2, -0.15) is 0 Å². The van der Waals surface area contributed by atoms with Gasteiger partial charge in [0.15, 0.2) is 5.96 Å². The maximum Gasteiger partial charge on any atom is 0.229 e. The highest BCUT2D eigenvalue weighted by molar-refractivity contribution is 5.98. The Hall–Kier alpha value is -1.32. The van der Waals surface area contributed by atoms with E-state index in [0.29, 0.717) is 6.42 Å². The Balaban J connectivity index is 2.70. The molecule has 0 aromatic heterocycles. The molecule has 78 valence electrons. The van der Waals surface area contributed by atoms with Crippen LogP contribution in [0.3, 0.4) is 0 Å². The van der Waals surface area contributed by atoms with Crippen molar-refractivity contribution < 1.29 is 4.79 Å². The van der Waals surface area contributed by atoms with Gasteiger partial charge in [-0.05, 0) is 19.3 Å². The molecule has 4 heteroatoms. The molecule has 3 N–H and O–H groups in total. The van der Waals surface area contributed by atoms with Crippen molar-refractivity contribution in [1.82, 2.24) is 10.6 Å². The molecular weight excluding hydrogens is 178 g/mol. The van der Waals surface area contributed by atoms with Gasteiger partial charge in [0.05, 0.1) is 6.42 Å². The van der Waals surface area contributed by atoms with Crippen molar-refractivity contribution in [2.45, 2.75) is 38.1 Å². The summed E-state index contributed by atoms with van der Waals surface area (Å²) in [6.45, 7) is 5.70. The number of amides is 1. The third kappa shape index (κ3) is 2.34. The second kappa shape index (κ2) is 4.26. The van der Waals surface area contributed by atoms with E-state index < -0.39 is 0 Å². The smallest absolute Gasteiger partial charge is 0.229 e. The molecule has 0 radical (unpaired) electrons. The monoisotopic (exact) mass is 195 g/mol. The van der Waals surface area contributed by atoms with E-state index in [4.69, 9.17) is 5.41 Å². The van der Waals surface area contributed by atoms with Gasteiger partial charge in [-0.15, -0.1) is 6.58 Å². The number of carbonyl (C=O) groups is 1. The molecule has 0 saturated carbocycles. The van der Waals surface area contributed by atoms with Crippen molar-refractivity contribution in [3.8, 4) is 0 Å². The minimum atomic E-state index is -0.242. The van der Waals surface area contributed by atoms with Gasteiger partial charge in [0, 0.05) is 5.54 Å². The molecule has 4 nitrogen and oxygen atoms in total. The van der Waals surface area contributed by atoms with Gasteiger partial charge in [0.25, 0.3) is 0 Å². The molecule has 1 aliphatic rings. The fourth-order valence-electron chi connectivity index (χ4n) is 1.75. The maximum absolute atomic E-state index is 11.3. The molecule has 0 spiro atoms. The van der Waals surface area contributed by atoms with Crippen LogP contribution in [0.25, 0.3) is 0 Å². The lowest BCUT2D eigenvalue weighted by Crippen LogP contribution is -2.60. The number of hydrogen-bond donors (Lipinski definition) is 3. The summed E-state index contributed by atoms with van der Waals surface area (Å²) in [6, 6.07) is 0. The highest BCUT2D eigenvalue weighted by Gasteiger charge is 2.35. The molecule has 1 amide bonds. The standard InChI is InChI=1S/C10H17N3O/c1-3-5-6-10(4-2)7-8(14)12-9(11)13-10/h3H,1,4-7H2,2H3,(H3,11,12,13,14). The summed E-state index contributed by atoms with van der Waals surface area (Å²) < 4.78 is 0. The molecule has 14 heavy (non-hydrogen) atoms. The lowest BCUT2D eigenvalue weighted by molar-refractivity contribution is -0.122. The molecule has 0 aromatic carbocycles. The number of nitrogens with one attached hydrogen (secondary N) is 3. The molecule has 1 atom stereocenters. The van der Waals surface area contributed by atoms with Crippen LogP contribution in [-0.2, 0) is 4.79 Å². The van der Waals surface area contributed by atoms with Gasteiger partial charge < -0.3 is 5.32 Å². The minimum Gasteiger partial charge on any atom is -0.350 e. The zero-order valence-electron chi connectivity index (χ0n) is 8.52. The number of allylic oxidation sites excluding steroid dienone is 1. The first-order valence-corrected chi connectivity index (χ1v) is 4.89. The summed E-state index contributed by atoms with van der Waals surface area (Å²) in [4.78, 5) is 11.3. The zero-order valence-corrected chi connectivity index (χ0v) is 8.52. The van der Waals surface area contributed by atoms with Crippen LogP contribution < -0.4 is 10.6 Å². The number of hydrogen-bond acceptors (Lipinski definition) is 2. The number of carbonyl (C=O) groups excluding carboxylic acids is 1. The molecule has 1 heterocycles. The van der Waals surface area contributed by atoms with Crippen LogP contribution in [0.5, 0.6) is 0 Å². The van der Waals surface area contributed by atoms with Crippen LogP contribution in [0.1, 0.15) is 32.6 Å². The van der Waals surface area contributed by atoms with Gasteiger partial charge in [-0.3, -0.25) is 15.5 Å². The Morgan fingerprint density at radius 3 is 2.93 bits per heavy atom. The zero-order chi connectivity index (χ0) is 10.6. The predicted octanol–water partition coefficient (Wildman–Crippen LogP) is 1.15. The number of guanidine groups is 1. The van der Waals surface area contributed by atoms with E-state index in [9.17, 15) is 4.79 Å². The summed E-state index contributed by atoms with van der Waals surface area (Å²) in [5.41, 5.74) is -0.242. The second-order valence-electron chi connectivity index (χ2n) is 3.69. The van der Waals surface area contributed by atoms with Gasteiger partial charge in [0.2, 0.25) is 5.91 Å². The highest BCUT2D eigenvalue weighted by atomic mass is 16.2. The topological polar surface area (TPSA) is 65.0 Å². The fraction of sp³-hybridized carbons (Fsp3) is 0.600. The summed E-state index contributed by atoms with van der Waals surface area (Å²) in [7, 11) is 0. The molecular formula is C10H17N3O. The molecule has 0 aromatic rings. The minimum absolute atomic E-state index is 0.0698. The van der Waals surface area contributed by atoms with Crippen LogP contribution in [0.2, 0.25) is 0 Å². The van der Waals surface area contributed by atoms with Crippen LogP contribution >= 0.6 is 0 Å². The van der Waals surface area contributed by atoms with Gasteiger partial charge >= 0.3 is 0 Å². The summed E-state index contributed by atoms with van der Waals surface area (Å²) >= 11 is 0. The van der Waals surface area contributed by atoms with Gasteiger partial charge in [-0.1, -0.05) is 13.0 Å². The summed E-state index contributed by atoms with van der Waals surface area (Å²) in [5, 5.41) is 12.9. The van der Waals surface area contributed by atoms with Crippen LogP contribution in [-0.4, -0.2) is 17.4 Å². The van der Waals surface area contributed by atoms with Crippen molar-refractivity contribution in [3.05, 3.63) is 12.7 Å². The van der Waals surface area contributed by atoms with E-state index in [-0.39, 0.29) is 17.4 Å². The van der Waals surface area contributed by atoms with E-state index in [0.717, 1.165) is 19.3 Å². The number of rotatable bonds is 4. The SMILES string of the molecule is C=CCCC1(CC)CC(=O)NC(=N)N1. The predicted molar refractivity (Wildman–Crippen MR) is 56.1 cm³/mol. The third-order valence-electron chi connectivity index (χ3n) is 2.66. The van der Waals surface area contributed by atoms with Crippen molar-refractivity contribution in [2.75, 3.05) is 0 Å².